The molecule has 2 N–H and O–H groups in total. The highest BCUT2D eigenvalue weighted by Gasteiger charge is 2.51. The van der Waals surface area contributed by atoms with Crippen molar-refractivity contribution >= 4 is 16.0 Å². The Balaban J connectivity index is 1.96. The van der Waals surface area contributed by atoms with Crippen LogP contribution in [0.1, 0.15) is 12.0 Å². The summed E-state index contributed by atoms with van der Waals surface area (Å²) in [4.78, 5) is 12.1. The van der Waals surface area contributed by atoms with Gasteiger partial charge < -0.3 is 10.2 Å². The lowest BCUT2D eigenvalue weighted by molar-refractivity contribution is -0.160. The number of sulfonamides is 1. The number of nitrogens with zero attached hydrogens (tertiary/aromatic N) is 3. The van der Waals surface area contributed by atoms with Gasteiger partial charge in [0.2, 0.25) is 10.0 Å². The second kappa shape index (κ2) is 6.82. The van der Waals surface area contributed by atoms with Crippen molar-refractivity contribution < 1.29 is 23.4 Å². The molecule has 0 radical (unpaired) electrons. The summed E-state index contributed by atoms with van der Waals surface area (Å²) in [6.45, 7) is -0.238. The van der Waals surface area contributed by atoms with Crippen LogP contribution in [0.25, 0.3) is 0 Å². The van der Waals surface area contributed by atoms with E-state index in [1.807, 2.05) is 6.07 Å². The lowest BCUT2D eigenvalue weighted by atomic mass is 9.73. The predicted molar refractivity (Wildman–Crippen MR) is 92.8 cm³/mol. The third kappa shape index (κ3) is 3.25. The van der Waals surface area contributed by atoms with Gasteiger partial charge in [0, 0.05) is 26.3 Å². The van der Waals surface area contributed by atoms with Crippen LogP contribution in [0.4, 0.5) is 0 Å². The number of carboxylic acids is 1. The minimum Gasteiger partial charge on any atom is -0.481 e. The molecular formula is C17H21N3O5S. The van der Waals surface area contributed by atoms with Crippen molar-refractivity contribution in [2.75, 3.05) is 13.1 Å². The van der Waals surface area contributed by atoms with Crippen LogP contribution in [0.2, 0.25) is 0 Å². The molecule has 0 amide bonds. The standard InChI is InChI=1S/C17H21N3O5S/c1-19-11-14(10-18-19)26(24,25)20-8-7-15(21)17(12-20,16(22)23)9-13-5-3-2-4-6-13/h2-6,10-11,15,21H,7-9,12H2,1H3,(H,22,23)/t15-,17+/m0/s1. The zero-order valence-corrected chi connectivity index (χ0v) is 15.1. The molecule has 0 unspecified atom stereocenters. The van der Waals surface area contributed by atoms with E-state index >= 15 is 0 Å². The lowest BCUT2D eigenvalue weighted by Gasteiger charge is -2.42. The van der Waals surface area contributed by atoms with Crippen LogP contribution in [-0.4, -0.2) is 57.9 Å². The maximum Gasteiger partial charge on any atom is 0.313 e. The summed E-state index contributed by atoms with van der Waals surface area (Å²) >= 11 is 0. The number of piperidine rings is 1. The minimum absolute atomic E-state index is 0.00962. The van der Waals surface area contributed by atoms with Crippen molar-refractivity contribution in [2.24, 2.45) is 12.5 Å². The molecule has 2 atom stereocenters. The second-order valence-corrected chi connectivity index (χ2v) is 8.55. The number of hydrogen-bond donors (Lipinski definition) is 2. The van der Waals surface area contributed by atoms with Gasteiger partial charge in [-0.1, -0.05) is 30.3 Å². The van der Waals surface area contributed by atoms with Crippen LogP contribution in [0.15, 0.2) is 47.6 Å². The Kier molecular flexibility index (Phi) is 4.87. The van der Waals surface area contributed by atoms with Crippen molar-refractivity contribution in [1.82, 2.24) is 14.1 Å². The highest BCUT2D eigenvalue weighted by molar-refractivity contribution is 7.89. The van der Waals surface area contributed by atoms with Crippen LogP contribution in [-0.2, 0) is 28.3 Å². The molecule has 2 aromatic rings. The molecule has 8 nitrogen and oxygen atoms in total. The third-order valence-corrected chi connectivity index (χ3v) is 6.65. The van der Waals surface area contributed by atoms with Gasteiger partial charge in [-0.15, -0.1) is 0 Å². The van der Waals surface area contributed by atoms with Crippen molar-refractivity contribution in [1.29, 1.82) is 0 Å². The molecule has 3 rings (SSSR count). The fraction of sp³-hybridized carbons (Fsp3) is 0.412. The first kappa shape index (κ1) is 18.6. The molecule has 1 saturated heterocycles. The van der Waals surface area contributed by atoms with E-state index in [2.05, 4.69) is 5.10 Å². The van der Waals surface area contributed by atoms with E-state index in [9.17, 15) is 23.4 Å². The van der Waals surface area contributed by atoms with Crippen LogP contribution in [0.5, 0.6) is 0 Å². The Bertz CT molecular complexity index is 896. The number of hydrogen-bond acceptors (Lipinski definition) is 5. The number of aromatic nitrogens is 2. The number of aryl methyl sites for hydroxylation is 1. The lowest BCUT2D eigenvalue weighted by Crippen LogP contribution is -2.58. The number of carbonyl (C=O) groups is 1. The van der Waals surface area contributed by atoms with Gasteiger partial charge in [0.25, 0.3) is 0 Å². The summed E-state index contributed by atoms with van der Waals surface area (Å²) in [5.41, 5.74) is -0.871. The largest absolute Gasteiger partial charge is 0.481 e. The highest BCUT2D eigenvalue weighted by atomic mass is 32.2. The maximum atomic E-state index is 12.9. The number of rotatable bonds is 5. The zero-order valence-electron chi connectivity index (χ0n) is 14.3. The van der Waals surface area contributed by atoms with Crippen molar-refractivity contribution in [3.63, 3.8) is 0 Å². The fourth-order valence-electron chi connectivity index (χ4n) is 3.35. The summed E-state index contributed by atoms with van der Waals surface area (Å²) in [7, 11) is -2.28. The average molecular weight is 379 g/mol. The van der Waals surface area contributed by atoms with Crippen LogP contribution >= 0.6 is 0 Å². The number of aliphatic hydroxyl groups is 1. The van der Waals surface area contributed by atoms with Gasteiger partial charge in [-0.2, -0.15) is 9.40 Å². The minimum atomic E-state index is -3.89. The summed E-state index contributed by atoms with van der Waals surface area (Å²) in [6, 6.07) is 8.92. The molecule has 9 heteroatoms. The molecule has 0 spiro atoms. The summed E-state index contributed by atoms with van der Waals surface area (Å²) < 4.78 is 28.2. The molecule has 1 fully saturated rings. The van der Waals surface area contributed by atoms with Crippen LogP contribution in [0, 0.1) is 5.41 Å². The molecule has 1 aromatic heterocycles. The highest BCUT2D eigenvalue weighted by Crippen LogP contribution is 2.36. The van der Waals surface area contributed by atoms with Crippen molar-refractivity contribution in [3.8, 4) is 0 Å². The van der Waals surface area contributed by atoms with E-state index in [0.29, 0.717) is 0 Å². The number of aliphatic carboxylic acids is 1. The Hall–Kier alpha value is -2.23. The van der Waals surface area contributed by atoms with E-state index in [1.165, 1.54) is 17.1 Å². The normalized spacial score (nSPS) is 24.5. The molecule has 1 aromatic carbocycles. The molecule has 1 aliphatic rings. The fourth-order valence-corrected chi connectivity index (χ4v) is 4.86. The van der Waals surface area contributed by atoms with Gasteiger partial charge in [-0.05, 0) is 18.4 Å². The predicted octanol–water partition coefficient (Wildman–Crippen LogP) is 0.489. The molecular weight excluding hydrogens is 358 g/mol. The molecule has 0 saturated carbocycles. The first-order chi connectivity index (χ1) is 12.3. The summed E-state index contributed by atoms with van der Waals surface area (Å²) in [5, 5.41) is 24.2. The number of aliphatic hydroxyl groups excluding tert-OH is 1. The molecule has 0 bridgehead atoms. The van der Waals surface area contributed by atoms with Gasteiger partial charge in [-0.3, -0.25) is 9.48 Å². The SMILES string of the molecule is Cn1cc(S(=O)(=O)N2CC[C@H](O)[C@](Cc3ccccc3)(C(=O)O)C2)cn1. The van der Waals surface area contributed by atoms with E-state index < -0.39 is 27.5 Å². The number of benzene rings is 1. The first-order valence-electron chi connectivity index (χ1n) is 8.20. The van der Waals surface area contributed by atoms with Gasteiger partial charge in [0.1, 0.15) is 10.3 Å². The molecule has 140 valence electrons. The van der Waals surface area contributed by atoms with Crippen LogP contribution in [0.3, 0.4) is 0 Å². The Morgan fingerprint density at radius 1 is 1.35 bits per heavy atom. The summed E-state index contributed by atoms with van der Waals surface area (Å²) in [5.74, 6) is -1.21. The second-order valence-electron chi connectivity index (χ2n) is 6.62. The van der Waals surface area contributed by atoms with Gasteiger partial charge >= 0.3 is 5.97 Å². The zero-order chi connectivity index (χ0) is 18.9. The van der Waals surface area contributed by atoms with Gasteiger partial charge in [-0.25, -0.2) is 8.42 Å². The average Bonchev–Trinajstić information content (AvgIpc) is 3.05. The molecule has 26 heavy (non-hydrogen) atoms. The molecule has 1 aliphatic heterocycles. The van der Waals surface area contributed by atoms with E-state index in [-0.39, 0.29) is 30.8 Å². The van der Waals surface area contributed by atoms with Crippen molar-refractivity contribution in [2.45, 2.75) is 23.8 Å². The topological polar surface area (TPSA) is 113 Å². The van der Waals surface area contributed by atoms with Gasteiger partial charge in [0.05, 0.1) is 12.3 Å². The van der Waals surface area contributed by atoms with E-state index in [1.54, 1.807) is 31.3 Å². The van der Waals surface area contributed by atoms with E-state index in [4.69, 9.17) is 0 Å². The van der Waals surface area contributed by atoms with Crippen molar-refractivity contribution in [3.05, 3.63) is 48.3 Å². The Labute approximate surface area is 151 Å². The maximum absolute atomic E-state index is 12.9. The number of carboxylic acid groups (broad SMARTS) is 1. The van der Waals surface area contributed by atoms with Gasteiger partial charge in [0.15, 0.2) is 0 Å². The summed E-state index contributed by atoms with van der Waals surface area (Å²) in [6.07, 6.45) is 1.57. The third-order valence-electron chi connectivity index (χ3n) is 4.86. The first-order valence-corrected chi connectivity index (χ1v) is 9.64. The molecule has 0 aliphatic carbocycles. The van der Waals surface area contributed by atoms with E-state index in [0.717, 1.165) is 9.87 Å². The Morgan fingerprint density at radius 2 is 2.04 bits per heavy atom. The monoisotopic (exact) mass is 379 g/mol. The Morgan fingerprint density at radius 3 is 2.62 bits per heavy atom. The van der Waals surface area contributed by atoms with Crippen LogP contribution < -0.4 is 0 Å². The smallest absolute Gasteiger partial charge is 0.313 e. The quantitative estimate of drug-likeness (QED) is 0.782. The molecule has 2 heterocycles.